The molecule has 0 radical (unpaired) electrons. The lowest BCUT2D eigenvalue weighted by molar-refractivity contribution is -0.384. The molecule has 0 aliphatic carbocycles. The van der Waals surface area contributed by atoms with E-state index in [9.17, 15) is 14.9 Å². The maximum Gasteiger partial charge on any atom is 0.303 e. The Labute approximate surface area is 131 Å². The van der Waals surface area contributed by atoms with E-state index in [0.29, 0.717) is 18.0 Å². The van der Waals surface area contributed by atoms with Crippen LogP contribution in [0.4, 0.5) is 11.4 Å². The molecule has 1 N–H and O–H groups in total. The second-order valence-electron chi connectivity index (χ2n) is 5.25. The number of halogens is 1. The van der Waals surface area contributed by atoms with Gasteiger partial charge in [0.25, 0.3) is 5.69 Å². The summed E-state index contributed by atoms with van der Waals surface area (Å²) in [6.07, 6.45) is 2.62. The molecule has 0 atom stereocenters. The number of hydrogen-bond acceptors (Lipinski definition) is 4. The molecule has 1 heterocycles. The molecule has 0 amide bonds. The molecule has 0 bridgehead atoms. The minimum Gasteiger partial charge on any atom is -0.481 e. The van der Waals surface area contributed by atoms with E-state index >= 15 is 0 Å². The lowest BCUT2D eigenvalue weighted by atomic mass is 9.92. The average Bonchev–Trinajstić information content (AvgIpc) is 2.45. The van der Waals surface area contributed by atoms with Crippen LogP contribution in [-0.2, 0) is 4.79 Å². The van der Waals surface area contributed by atoms with Gasteiger partial charge in [0.05, 0.1) is 4.92 Å². The molecule has 2 rings (SSSR count). The van der Waals surface area contributed by atoms with E-state index in [1.165, 1.54) is 6.07 Å². The minimum atomic E-state index is -0.764. The Hall–Kier alpha value is -1.63. The van der Waals surface area contributed by atoms with Crippen molar-refractivity contribution in [2.24, 2.45) is 5.92 Å². The fraction of sp³-hybridized carbons (Fsp3) is 0.500. The highest BCUT2D eigenvalue weighted by molar-refractivity contribution is 9.10. The van der Waals surface area contributed by atoms with E-state index in [2.05, 4.69) is 15.9 Å². The largest absolute Gasteiger partial charge is 0.481 e. The Morgan fingerprint density at radius 3 is 2.67 bits per heavy atom. The summed E-state index contributed by atoms with van der Waals surface area (Å²) < 4.78 is 0.816. The van der Waals surface area contributed by atoms with Gasteiger partial charge >= 0.3 is 5.97 Å². The topological polar surface area (TPSA) is 83.7 Å². The lowest BCUT2D eigenvalue weighted by Crippen LogP contribution is -2.34. The maximum atomic E-state index is 11.1. The van der Waals surface area contributed by atoms with Crippen molar-refractivity contribution in [1.29, 1.82) is 0 Å². The molecule has 1 aromatic carbocycles. The third-order valence-corrected chi connectivity index (χ3v) is 4.35. The smallest absolute Gasteiger partial charge is 0.303 e. The van der Waals surface area contributed by atoms with Gasteiger partial charge in [0.2, 0.25) is 0 Å². The molecule has 1 aromatic rings. The zero-order chi connectivity index (χ0) is 15.4. The molecule has 0 aromatic heterocycles. The number of anilines is 1. The van der Waals surface area contributed by atoms with Gasteiger partial charge in [-0.25, -0.2) is 0 Å². The Kier molecular flexibility index (Phi) is 5.17. The molecule has 114 valence electrons. The van der Waals surface area contributed by atoms with Crippen LogP contribution in [0.25, 0.3) is 0 Å². The third kappa shape index (κ3) is 4.17. The molecule has 0 unspecified atom stereocenters. The van der Waals surface area contributed by atoms with Gasteiger partial charge in [-0.1, -0.05) is 15.9 Å². The Morgan fingerprint density at radius 1 is 1.43 bits per heavy atom. The van der Waals surface area contributed by atoms with Gasteiger partial charge < -0.3 is 10.0 Å². The van der Waals surface area contributed by atoms with Gasteiger partial charge in [-0.05, 0) is 37.3 Å². The van der Waals surface area contributed by atoms with Crippen molar-refractivity contribution in [2.45, 2.75) is 25.7 Å². The molecular formula is C14H17BrN2O4. The van der Waals surface area contributed by atoms with Gasteiger partial charge in [-0.3, -0.25) is 14.9 Å². The quantitative estimate of drug-likeness (QED) is 0.645. The van der Waals surface area contributed by atoms with Crippen LogP contribution in [0.5, 0.6) is 0 Å². The highest BCUT2D eigenvalue weighted by Crippen LogP contribution is 2.34. The molecule has 7 heteroatoms. The van der Waals surface area contributed by atoms with Gasteiger partial charge in [-0.15, -0.1) is 0 Å². The summed E-state index contributed by atoms with van der Waals surface area (Å²) >= 11 is 3.35. The zero-order valence-corrected chi connectivity index (χ0v) is 13.1. The van der Waals surface area contributed by atoms with Crippen molar-refractivity contribution in [2.75, 3.05) is 18.0 Å². The number of hydrogen-bond donors (Lipinski definition) is 1. The molecular weight excluding hydrogens is 340 g/mol. The molecule has 1 fully saturated rings. The number of carbonyl (C=O) groups is 1. The van der Waals surface area contributed by atoms with Crippen molar-refractivity contribution < 1.29 is 14.8 Å². The fourth-order valence-corrected chi connectivity index (χ4v) is 3.04. The van der Waals surface area contributed by atoms with Crippen LogP contribution in [0.15, 0.2) is 22.7 Å². The van der Waals surface area contributed by atoms with Crippen molar-refractivity contribution in [1.82, 2.24) is 0 Å². The molecule has 1 aliphatic heterocycles. The molecule has 1 aliphatic rings. The van der Waals surface area contributed by atoms with E-state index in [0.717, 1.165) is 30.4 Å². The van der Waals surface area contributed by atoms with Gasteiger partial charge in [0, 0.05) is 30.0 Å². The average molecular weight is 357 g/mol. The summed E-state index contributed by atoms with van der Waals surface area (Å²) in [6, 6.07) is 4.95. The van der Waals surface area contributed by atoms with Gasteiger partial charge in [0.1, 0.15) is 5.69 Å². The van der Waals surface area contributed by atoms with Crippen molar-refractivity contribution in [3.8, 4) is 0 Å². The number of nitrogens with zero attached hydrogens (tertiary/aromatic N) is 2. The first kappa shape index (κ1) is 15.8. The van der Waals surface area contributed by atoms with Crippen LogP contribution in [0.1, 0.15) is 25.7 Å². The normalized spacial score (nSPS) is 16.0. The summed E-state index contributed by atoms with van der Waals surface area (Å²) in [6.45, 7) is 1.45. The number of nitro groups is 1. The van der Waals surface area contributed by atoms with Gasteiger partial charge in [-0.2, -0.15) is 0 Å². The predicted molar refractivity (Wildman–Crippen MR) is 82.6 cm³/mol. The number of carboxylic acid groups (broad SMARTS) is 1. The van der Waals surface area contributed by atoms with E-state index in [1.54, 1.807) is 12.1 Å². The number of nitro benzene ring substituents is 1. The maximum absolute atomic E-state index is 11.1. The first-order chi connectivity index (χ1) is 9.97. The van der Waals surface area contributed by atoms with Crippen LogP contribution in [0, 0.1) is 16.0 Å². The van der Waals surface area contributed by atoms with E-state index in [1.807, 2.05) is 4.90 Å². The van der Waals surface area contributed by atoms with E-state index in [-0.39, 0.29) is 17.0 Å². The summed E-state index contributed by atoms with van der Waals surface area (Å²) in [5.41, 5.74) is 0.744. The van der Waals surface area contributed by atoms with E-state index in [4.69, 9.17) is 5.11 Å². The molecule has 0 saturated carbocycles. The first-order valence-electron chi connectivity index (χ1n) is 6.88. The second kappa shape index (κ2) is 6.89. The molecule has 21 heavy (non-hydrogen) atoms. The number of benzene rings is 1. The highest BCUT2D eigenvalue weighted by Gasteiger charge is 2.25. The number of rotatable bonds is 5. The molecule has 6 nitrogen and oxygen atoms in total. The zero-order valence-electron chi connectivity index (χ0n) is 11.5. The summed E-state index contributed by atoms with van der Waals surface area (Å²) in [5.74, 6) is -0.372. The standard InChI is InChI=1S/C14H17BrN2O4/c15-11-2-3-12(17(20)21)13(9-11)16-7-5-10(6-8-16)1-4-14(18)19/h2-3,9-10H,1,4-8H2,(H,18,19). The lowest BCUT2D eigenvalue weighted by Gasteiger charge is -2.33. The summed E-state index contributed by atoms with van der Waals surface area (Å²) in [4.78, 5) is 23.4. The fourth-order valence-electron chi connectivity index (χ4n) is 2.69. The van der Waals surface area contributed by atoms with Crippen LogP contribution >= 0.6 is 15.9 Å². The number of piperidine rings is 1. The predicted octanol–water partition coefficient (Wildman–Crippen LogP) is 3.44. The van der Waals surface area contributed by atoms with Crippen LogP contribution < -0.4 is 4.90 Å². The number of aliphatic carboxylic acids is 1. The van der Waals surface area contributed by atoms with Crippen LogP contribution in [0.2, 0.25) is 0 Å². The highest BCUT2D eigenvalue weighted by atomic mass is 79.9. The summed E-state index contributed by atoms with van der Waals surface area (Å²) in [5, 5.41) is 19.8. The van der Waals surface area contributed by atoms with Crippen molar-refractivity contribution in [3.05, 3.63) is 32.8 Å². The first-order valence-corrected chi connectivity index (χ1v) is 7.67. The van der Waals surface area contributed by atoms with Crippen LogP contribution in [0.3, 0.4) is 0 Å². The van der Waals surface area contributed by atoms with Crippen molar-refractivity contribution in [3.63, 3.8) is 0 Å². The summed E-state index contributed by atoms with van der Waals surface area (Å²) in [7, 11) is 0. The second-order valence-corrected chi connectivity index (χ2v) is 6.17. The Bertz CT molecular complexity index is 542. The molecule has 0 spiro atoms. The van der Waals surface area contributed by atoms with Crippen molar-refractivity contribution >= 4 is 33.3 Å². The Balaban J connectivity index is 2.03. The van der Waals surface area contributed by atoms with Crippen LogP contribution in [-0.4, -0.2) is 29.1 Å². The van der Waals surface area contributed by atoms with E-state index < -0.39 is 5.97 Å². The minimum absolute atomic E-state index is 0.113. The Morgan fingerprint density at radius 2 is 2.10 bits per heavy atom. The third-order valence-electron chi connectivity index (χ3n) is 3.86. The number of carboxylic acids is 1. The monoisotopic (exact) mass is 356 g/mol. The molecule has 1 saturated heterocycles. The SMILES string of the molecule is O=C(O)CCC1CCN(c2cc(Br)ccc2[N+](=O)[O-])CC1. The van der Waals surface area contributed by atoms with Gasteiger partial charge in [0.15, 0.2) is 0 Å².